The lowest BCUT2D eigenvalue weighted by atomic mass is 10.1. The maximum Gasteiger partial charge on any atom is 0.169 e. The van der Waals surface area contributed by atoms with Gasteiger partial charge in [-0.2, -0.15) is 0 Å². The quantitative estimate of drug-likeness (QED) is 0.612. The summed E-state index contributed by atoms with van der Waals surface area (Å²) in [6.07, 6.45) is 3.28. The SMILES string of the molecule is COC(CNC1CCCC1CO)OC. The first kappa shape index (κ1) is 11.9. The van der Waals surface area contributed by atoms with Crippen LogP contribution >= 0.6 is 0 Å². The lowest BCUT2D eigenvalue weighted by Crippen LogP contribution is -2.40. The average Bonchev–Trinajstić information content (AvgIpc) is 2.67. The zero-order chi connectivity index (χ0) is 10.4. The van der Waals surface area contributed by atoms with E-state index < -0.39 is 0 Å². The van der Waals surface area contributed by atoms with Crippen LogP contribution in [0.2, 0.25) is 0 Å². The molecular formula is C10H21NO3. The number of hydrogen-bond donors (Lipinski definition) is 2. The van der Waals surface area contributed by atoms with Crippen LogP contribution in [0, 0.1) is 5.92 Å². The third-order valence-corrected chi connectivity index (χ3v) is 2.97. The van der Waals surface area contributed by atoms with E-state index in [-0.39, 0.29) is 12.9 Å². The first-order valence-electron chi connectivity index (χ1n) is 5.21. The number of aliphatic hydroxyl groups is 1. The molecule has 0 saturated heterocycles. The van der Waals surface area contributed by atoms with Crippen molar-refractivity contribution in [1.82, 2.24) is 5.32 Å². The molecule has 0 amide bonds. The molecule has 2 unspecified atom stereocenters. The topological polar surface area (TPSA) is 50.7 Å². The van der Waals surface area contributed by atoms with Crippen molar-refractivity contribution in [3.8, 4) is 0 Å². The molecule has 0 radical (unpaired) electrons. The number of rotatable bonds is 6. The summed E-state index contributed by atoms with van der Waals surface area (Å²) < 4.78 is 10.2. The number of nitrogens with one attached hydrogen (secondary N) is 1. The molecule has 84 valence electrons. The van der Waals surface area contributed by atoms with E-state index in [4.69, 9.17) is 14.6 Å². The van der Waals surface area contributed by atoms with Crippen LogP contribution in [0.15, 0.2) is 0 Å². The molecule has 4 heteroatoms. The van der Waals surface area contributed by atoms with Gasteiger partial charge in [0.25, 0.3) is 0 Å². The second kappa shape index (κ2) is 6.35. The van der Waals surface area contributed by atoms with Gasteiger partial charge >= 0.3 is 0 Å². The van der Waals surface area contributed by atoms with Gasteiger partial charge in [-0.05, 0) is 18.8 Å². The predicted octanol–water partition coefficient (Wildman–Crippen LogP) is 0.356. The zero-order valence-electron chi connectivity index (χ0n) is 9.03. The highest BCUT2D eigenvalue weighted by Crippen LogP contribution is 2.24. The molecule has 2 N–H and O–H groups in total. The van der Waals surface area contributed by atoms with E-state index in [0.717, 1.165) is 12.8 Å². The molecule has 1 saturated carbocycles. The minimum Gasteiger partial charge on any atom is -0.396 e. The van der Waals surface area contributed by atoms with Crippen molar-refractivity contribution in [1.29, 1.82) is 0 Å². The van der Waals surface area contributed by atoms with E-state index in [9.17, 15) is 0 Å². The van der Waals surface area contributed by atoms with Gasteiger partial charge in [-0.15, -0.1) is 0 Å². The van der Waals surface area contributed by atoms with Crippen LogP contribution in [0.5, 0.6) is 0 Å². The fourth-order valence-electron chi connectivity index (χ4n) is 2.03. The van der Waals surface area contributed by atoms with Crippen LogP contribution in [-0.4, -0.2) is 44.8 Å². The average molecular weight is 203 g/mol. The van der Waals surface area contributed by atoms with E-state index >= 15 is 0 Å². The minimum absolute atomic E-state index is 0.185. The fraction of sp³-hybridized carbons (Fsp3) is 1.00. The van der Waals surface area contributed by atoms with Crippen LogP contribution in [0.1, 0.15) is 19.3 Å². The molecule has 0 spiro atoms. The number of methoxy groups -OCH3 is 2. The van der Waals surface area contributed by atoms with Crippen molar-refractivity contribution < 1.29 is 14.6 Å². The van der Waals surface area contributed by atoms with E-state index in [1.165, 1.54) is 6.42 Å². The molecule has 1 rings (SSSR count). The number of aliphatic hydroxyl groups excluding tert-OH is 1. The van der Waals surface area contributed by atoms with Gasteiger partial charge in [0.1, 0.15) is 0 Å². The Morgan fingerprint density at radius 3 is 2.64 bits per heavy atom. The van der Waals surface area contributed by atoms with Crippen LogP contribution in [-0.2, 0) is 9.47 Å². The lowest BCUT2D eigenvalue weighted by molar-refractivity contribution is -0.100. The molecule has 0 aromatic rings. The van der Waals surface area contributed by atoms with Gasteiger partial charge in [0.15, 0.2) is 6.29 Å². The zero-order valence-corrected chi connectivity index (χ0v) is 9.03. The summed E-state index contributed by atoms with van der Waals surface area (Å²) in [7, 11) is 3.27. The summed E-state index contributed by atoms with van der Waals surface area (Å²) in [6.45, 7) is 0.969. The molecule has 1 fully saturated rings. The monoisotopic (exact) mass is 203 g/mol. The van der Waals surface area contributed by atoms with Gasteiger partial charge in [0.2, 0.25) is 0 Å². The van der Waals surface area contributed by atoms with Crippen LogP contribution in [0.3, 0.4) is 0 Å². The van der Waals surface area contributed by atoms with Gasteiger partial charge < -0.3 is 19.9 Å². The third-order valence-electron chi connectivity index (χ3n) is 2.97. The minimum atomic E-state index is -0.185. The molecule has 0 aliphatic heterocycles. The number of hydrogen-bond acceptors (Lipinski definition) is 4. The maximum absolute atomic E-state index is 9.11. The van der Waals surface area contributed by atoms with E-state index in [0.29, 0.717) is 18.5 Å². The van der Waals surface area contributed by atoms with Gasteiger partial charge in [-0.3, -0.25) is 0 Å². The Bertz CT molecular complexity index is 150. The molecular weight excluding hydrogens is 182 g/mol. The van der Waals surface area contributed by atoms with E-state index in [1.807, 2.05) is 0 Å². The Balaban J connectivity index is 2.22. The summed E-state index contributed by atoms with van der Waals surface area (Å²) in [4.78, 5) is 0. The van der Waals surface area contributed by atoms with Gasteiger partial charge in [0, 0.05) is 33.4 Å². The highest BCUT2D eigenvalue weighted by Gasteiger charge is 2.26. The third kappa shape index (κ3) is 3.20. The molecule has 1 aliphatic carbocycles. The van der Waals surface area contributed by atoms with Crippen LogP contribution in [0.25, 0.3) is 0 Å². The lowest BCUT2D eigenvalue weighted by Gasteiger charge is -2.22. The largest absolute Gasteiger partial charge is 0.396 e. The van der Waals surface area contributed by atoms with Gasteiger partial charge in [0.05, 0.1) is 0 Å². The molecule has 0 aromatic carbocycles. The summed E-state index contributed by atoms with van der Waals surface area (Å²) in [5.74, 6) is 0.407. The predicted molar refractivity (Wildman–Crippen MR) is 54.0 cm³/mol. The fourth-order valence-corrected chi connectivity index (χ4v) is 2.03. The van der Waals surface area contributed by atoms with Crippen molar-refractivity contribution in [2.24, 2.45) is 5.92 Å². The normalized spacial score (nSPS) is 27.4. The highest BCUT2D eigenvalue weighted by molar-refractivity contribution is 4.82. The summed E-state index contributed by atoms with van der Waals surface area (Å²) in [6, 6.07) is 0.424. The standard InChI is InChI=1S/C10H21NO3/c1-13-10(14-2)6-11-9-5-3-4-8(9)7-12/h8-12H,3-7H2,1-2H3. The number of ether oxygens (including phenoxy) is 2. The molecule has 0 bridgehead atoms. The Morgan fingerprint density at radius 1 is 1.36 bits per heavy atom. The Kier molecular flexibility index (Phi) is 5.40. The highest BCUT2D eigenvalue weighted by atomic mass is 16.7. The second-order valence-corrected chi connectivity index (χ2v) is 3.79. The van der Waals surface area contributed by atoms with Crippen molar-refractivity contribution >= 4 is 0 Å². The van der Waals surface area contributed by atoms with Gasteiger partial charge in [-0.1, -0.05) is 6.42 Å². The molecule has 1 aliphatic rings. The summed E-state index contributed by atoms with van der Waals surface area (Å²) >= 11 is 0. The smallest absolute Gasteiger partial charge is 0.169 e. The molecule has 0 aromatic heterocycles. The van der Waals surface area contributed by atoms with E-state index in [2.05, 4.69) is 5.32 Å². The van der Waals surface area contributed by atoms with E-state index in [1.54, 1.807) is 14.2 Å². The summed E-state index contributed by atoms with van der Waals surface area (Å²) in [5, 5.41) is 12.5. The van der Waals surface area contributed by atoms with Crippen molar-refractivity contribution in [2.75, 3.05) is 27.4 Å². The maximum atomic E-state index is 9.11. The Hall–Kier alpha value is -0.160. The second-order valence-electron chi connectivity index (χ2n) is 3.79. The van der Waals surface area contributed by atoms with Crippen molar-refractivity contribution in [2.45, 2.75) is 31.6 Å². The molecule has 0 heterocycles. The van der Waals surface area contributed by atoms with Crippen molar-refractivity contribution in [3.63, 3.8) is 0 Å². The van der Waals surface area contributed by atoms with Crippen molar-refractivity contribution in [3.05, 3.63) is 0 Å². The Morgan fingerprint density at radius 2 is 2.07 bits per heavy atom. The summed E-state index contributed by atoms with van der Waals surface area (Å²) in [5.41, 5.74) is 0. The van der Waals surface area contributed by atoms with Crippen LogP contribution < -0.4 is 5.32 Å². The first-order valence-corrected chi connectivity index (χ1v) is 5.21. The van der Waals surface area contributed by atoms with Crippen LogP contribution in [0.4, 0.5) is 0 Å². The van der Waals surface area contributed by atoms with Gasteiger partial charge in [-0.25, -0.2) is 0 Å². The Labute approximate surface area is 85.6 Å². The first-order chi connectivity index (χ1) is 6.81. The molecule has 2 atom stereocenters. The molecule has 14 heavy (non-hydrogen) atoms. The molecule has 4 nitrogen and oxygen atoms in total.